The number of alkyl halides is 3. The van der Waals surface area contributed by atoms with Gasteiger partial charge in [0.25, 0.3) is 0 Å². The highest BCUT2D eigenvalue weighted by molar-refractivity contribution is 5.83. The van der Waals surface area contributed by atoms with Crippen molar-refractivity contribution in [3.8, 4) is 0 Å². The molecule has 4 aromatic rings. The molecule has 0 spiro atoms. The van der Waals surface area contributed by atoms with E-state index in [0.717, 1.165) is 29.3 Å². The largest absolute Gasteiger partial charge is 0.416 e. The smallest absolute Gasteiger partial charge is 0.326 e. The summed E-state index contributed by atoms with van der Waals surface area (Å²) in [5, 5.41) is 3.23. The molecule has 0 fully saturated rings. The van der Waals surface area contributed by atoms with E-state index in [4.69, 9.17) is 0 Å². The van der Waals surface area contributed by atoms with Crippen LogP contribution in [0.1, 0.15) is 49.9 Å². The minimum atomic E-state index is -4.68. The highest BCUT2D eigenvalue weighted by Gasteiger charge is 2.34. The van der Waals surface area contributed by atoms with Gasteiger partial charge in [0, 0.05) is 5.69 Å². The van der Waals surface area contributed by atoms with Gasteiger partial charge in [-0.2, -0.15) is 13.2 Å². The number of imidazole rings is 1. The average molecular weight is 484 g/mol. The predicted molar refractivity (Wildman–Crippen MR) is 135 cm³/mol. The van der Waals surface area contributed by atoms with Crippen LogP contribution in [0.15, 0.2) is 67.2 Å². The Morgan fingerprint density at radius 1 is 1.00 bits per heavy atom. The highest BCUT2D eigenvalue weighted by Crippen LogP contribution is 2.34. The molecule has 0 bridgehead atoms. The van der Waals surface area contributed by atoms with Gasteiger partial charge in [-0.25, -0.2) is 9.37 Å². The Morgan fingerprint density at radius 2 is 1.69 bits per heavy atom. The summed E-state index contributed by atoms with van der Waals surface area (Å²) < 4.78 is 56.1. The lowest BCUT2D eigenvalue weighted by Crippen LogP contribution is -2.13. The molecule has 0 aliphatic rings. The van der Waals surface area contributed by atoms with Crippen molar-refractivity contribution < 1.29 is 17.6 Å². The standard InChI is InChI=1S/C26H23F4N3.C2H6/c1-4-17-5-10-21(11-6-17)31-25-32-23-13-18(16(2)3)8-12-24(23)33(25)15-19-7-9-20(27)14-22(19)26(28,29)30;1-2/h5-14H,2,4,15H2,1,3H3,(H,31,32);1-2H3. The van der Waals surface area contributed by atoms with Crippen molar-refractivity contribution in [2.75, 3.05) is 5.32 Å². The van der Waals surface area contributed by atoms with Gasteiger partial charge in [0.15, 0.2) is 0 Å². The summed E-state index contributed by atoms with van der Waals surface area (Å²) in [6, 6.07) is 16.0. The SMILES string of the molecule is C=C(C)c1ccc2c(c1)nc(Nc1ccc(CC)cc1)n2Cc1ccc(F)cc1C(F)(F)F.CC. The van der Waals surface area contributed by atoms with Gasteiger partial charge in [0.05, 0.1) is 23.1 Å². The summed E-state index contributed by atoms with van der Waals surface area (Å²) in [5.41, 5.74) is 3.92. The molecule has 184 valence electrons. The molecule has 35 heavy (non-hydrogen) atoms. The maximum Gasteiger partial charge on any atom is 0.416 e. The van der Waals surface area contributed by atoms with Crippen LogP contribution in [-0.2, 0) is 19.1 Å². The third-order valence-electron chi connectivity index (χ3n) is 5.57. The lowest BCUT2D eigenvalue weighted by molar-refractivity contribution is -0.138. The van der Waals surface area contributed by atoms with Gasteiger partial charge in [0.1, 0.15) is 5.82 Å². The molecule has 0 amide bonds. The van der Waals surface area contributed by atoms with Crippen LogP contribution in [0.4, 0.5) is 29.2 Å². The van der Waals surface area contributed by atoms with Gasteiger partial charge < -0.3 is 9.88 Å². The lowest BCUT2D eigenvalue weighted by Gasteiger charge is -2.16. The predicted octanol–water partition coefficient (Wildman–Crippen LogP) is 8.61. The van der Waals surface area contributed by atoms with Crippen molar-refractivity contribution in [2.45, 2.75) is 46.8 Å². The van der Waals surface area contributed by atoms with Crippen molar-refractivity contribution in [1.82, 2.24) is 9.55 Å². The Kier molecular flexibility index (Phi) is 7.99. The molecule has 1 N–H and O–H groups in total. The van der Waals surface area contributed by atoms with E-state index >= 15 is 0 Å². The topological polar surface area (TPSA) is 29.9 Å². The van der Waals surface area contributed by atoms with Crippen LogP contribution in [0, 0.1) is 5.82 Å². The Morgan fingerprint density at radius 3 is 2.29 bits per heavy atom. The van der Waals surface area contributed by atoms with Crippen molar-refractivity contribution in [3.05, 3.63) is 95.3 Å². The summed E-state index contributed by atoms with van der Waals surface area (Å²) in [7, 11) is 0. The first-order valence-corrected chi connectivity index (χ1v) is 11.5. The van der Waals surface area contributed by atoms with E-state index in [1.807, 2.05) is 63.2 Å². The van der Waals surface area contributed by atoms with Crippen molar-refractivity contribution >= 4 is 28.2 Å². The summed E-state index contributed by atoms with van der Waals surface area (Å²) in [4.78, 5) is 4.65. The minimum absolute atomic E-state index is 0.0449. The normalized spacial score (nSPS) is 11.2. The Bertz CT molecular complexity index is 1320. The molecule has 1 heterocycles. The molecule has 1 aromatic heterocycles. The Labute approximate surface area is 203 Å². The van der Waals surface area contributed by atoms with Gasteiger partial charge in [0.2, 0.25) is 5.95 Å². The van der Waals surface area contributed by atoms with Crippen LogP contribution in [0.3, 0.4) is 0 Å². The number of nitrogens with zero attached hydrogens (tertiary/aromatic N) is 2. The second-order valence-corrected chi connectivity index (χ2v) is 7.98. The fourth-order valence-electron chi connectivity index (χ4n) is 3.72. The lowest BCUT2D eigenvalue weighted by atomic mass is 10.1. The summed E-state index contributed by atoms with van der Waals surface area (Å²) in [6.45, 7) is 11.8. The highest BCUT2D eigenvalue weighted by atomic mass is 19.4. The van der Waals surface area contributed by atoms with Gasteiger partial charge in [-0.3, -0.25) is 0 Å². The molecule has 3 nitrogen and oxygen atoms in total. The van der Waals surface area contributed by atoms with Gasteiger partial charge >= 0.3 is 6.18 Å². The number of allylic oxidation sites excluding steroid dienone is 1. The number of benzene rings is 3. The number of hydrogen-bond donors (Lipinski definition) is 1. The van der Waals surface area contributed by atoms with Crippen LogP contribution < -0.4 is 5.32 Å². The third kappa shape index (κ3) is 5.91. The van der Waals surface area contributed by atoms with Crippen LogP contribution in [-0.4, -0.2) is 9.55 Å². The number of rotatable bonds is 6. The van der Waals surface area contributed by atoms with Crippen molar-refractivity contribution in [1.29, 1.82) is 0 Å². The van der Waals surface area contributed by atoms with E-state index in [-0.39, 0.29) is 12.1 Å². The quantitative estimate of drug-likeness (QED) is 0.278. The number of fused-ring (bicyclic) bond motifs is 1. The van der Waals surface area contributed by atoms with E-state index in [2.05, 4.69) is 23.8 Å². The second kappa shape index (κ2) is 10.8. The van der Waals surface area contributed by atoms with Gasteiger partial charge in [-0.1, -0.05) is 57.2 Å². The summed E-state index contributed by atoms with van der Waals surface area (Å²) in [6.07, 6.45) is -3.78. The summed E-state index contributed by atoms with van der Waals surface area (Å²) >= 11 is 0. The number of aromatic nitrogens is 2. The first-order valence-electron chi connectivity index (χ1n) is 11.5. The summed E-state index contributed by atoms with van der Waals surface area (Å²) in [5.74, 6) is -0.535. The molecule has 4 rings (SSSR count). The van der Waals surface area contributed by atoms with Crippen LogP contribution in [0.25, 0.3) is 16.6 Å². The van der Waals surface area contributed by atoms with Gasteiger partial charge in [-0.15, -0.1) is 0 Å². The van der Waals surface area contributed by atoms with Crippen LogP contribution in [0.5, 0.6) is 0 Å². The van der Waals surface area contributed by atoms with E-state index in [0.29, 0.717) is 23.0 Å². The number of halogens is 4. The zero-order valence-electron chi connectivity index (χ0n) is 20.3. The second-order valence-electron chi connectivity index (χ2n) is 7.98. The Balaban J connectivity index is 0.00000167. The molecule has 0 saturated carbocycles. The van der Waals surface area contributed by atoms with E-state index in [9.17, 15) is 17.6 Å². The number of nitrogens with one attached hydrogen (secondary N) is 1. The number of anilines is 2. The van der Waals surface area contributed by atoms with Crippen molar-refractivity contribution in [2.24, 2.45) is 0 Å². The molecule has 3 aromatic carbocycles. The fraction of sp³-hybridized carbons (Fsp3) is 0.250. The molecule has 0 unspecified atom stereocenters. The van der Waals surface area contributed by atoms with Gasteiger partial charge in [-0.05, 0) is 66.4 Å². The zero-order chi connectivity index (χ0) is 25.8. The van der Waals surface area contributed by atoms with Crippen LogP contribution >= 0.6 is 0 Å². The molecule has 0 saturated heterocycles. The zero-order valence-corrected chi connectivity index (χ0v) is 20.3. The maximum atomic E-state index is 13.6. The van der Waals surface area contributed by atoms with E-state index in [1.54, 1.807) is 4.57 Å². The fourth-order valence-corrected chi connectivity index (χ4v) is 3.72. The number of hydrogen-bond acceptors (Lipinski definition) is 2. The molecular formula is C28H29F4N3. The molecule has 0 atom stereocenters. The molecule has 7 heteroatoms. The monoisotopic (exact) mass is 483 g/mol. The van der Waals surface area contributed by atoms with E-state index < -0.39 is 17.6 Å². The van der Waals surface area contributed by atoms with E-state index in [1.165, 1.54) is 11.6 Å². The van der Waals surface area contributed by atoms with Crippen molar-refractivity contribution in [3.63, 3.8) is 0 Å². The Hall–Kier alpha value is -3.61. The molecule has 0 aliphatic carbocycles. The first-order chi connectivity index (χ1) is 16.7. The van der Waals surface area contributed by atoms with Crippen LogP contribution in [0.2, 0.25) is 0 Å². The average Bonchev–Trinajstić information content (AvgIpc) is 3.17. The number of aryl methyl sites for hydroxylation is 1. The maximum absolute atomic E-state index is 13.6. The third-order valence-corrected chi connectivity index (χ3v) is 5.57. The minimum Gasteiger partial charge on any atom is -0.326 e. The molecule has 0 aliphatic heterocycles. The molecule has 0 radical (unpaired) electrons. The molecular weight excluding hydrogens is 454 g/mol. The first kappa shape index (κ1) is 26.0.